The summed E-state index contributed by atoms with van der Waals surface area (Å²) in [5.74, 6) is 5.41. The molecule has 0 atom stereocenters. The zero-order valence-electron chi connectivity index (χ0n) is 11.5. The highest BCUT2D eigenvalue weighted by Crippen LogP contribution is 2.19. The predicted octanol–water partition coefficient (Wildman–Crippen LogP) is 0.533. The first-order valence-corrected chi connectivity index (χ1v) is 6.50. The minimum atomic E-state index is -0.00935. The van der Waals surface area contributed by atoms with E-state index in [2.05, 4.69) is 22.4 Å². The van der Waals surface area contributed by atoms with Crippen molar-refractivity contribution >= 4 is 11.6 Å². The van der Waals surface area contributed by atoms with Gasteiger partial charge in [-0.2, -0.15) is 0 Å². The van der Waals surface area contributed by atoms with E-state index in [0.717, 1.165) is 25.9 Å². The first kappa shape index (κ1) is 13.8. The van der Waals surface area contributed by atoms with Crippen molar-refractivity contribution in [3.05, 3.63) is 24.0 Å². The Labute approximate surface area is 113 Å². The van der Waals surface area contributed by atoms with Crippen LogP contribution in [-0.2, 0) is 0 Å². The molecule has 19 heavy (non-hydrogen) atoms. The van der Waals surface area contributed by atoms with Crippen LogP contribution in [0, 0.1) is 0 Å². The molecule has 0 aromatic carbocycles. The first-order chi connectivity index (χ1) is 9.13. The maximum atomic E-state index is 12.5. The van der Waals surface area contributed by atoms with Crippen LogP contribution in [0.25, 0.3) is 0 Å². The van der Waals surface area contributed by atoms with Gasteiger partial charge in [0, 0.05) is 19.3 Å². The van der Waals surface area contributed by atoms with Crippen molar-refractivity contribution in [1.82, 2.24) is 14.8 Å². The number of aromatic nitrogens is 1. The van der Waals surface area contributed by atoms with E-state index in [1.54, 1.807) is 18.5 Å². The highest BCUT2D eigenvalue weighted by Gasteiger charge is 2.25. The number of nitrogens with two attached hydrogens (primary N) is 1. The summed E-state index contributed by atoms with van der Waals surface area (Å²) in [6, 6.07) is 1.99. The molecule has 6 heteroatoms. The number of amides is 1. The molecule has 1 aliphatic rings. The Bertz CT molecular complexity index is 442. The van der Waals surface area contributed by atoms with E-state index in [1.807, 2.05) is 11.9 Å². The Morgan fingerprint density at radius 2 is 2.21 bits per heavy atom. The van der Waals surface area contributed by atoms with Crippen molar-refractivity contribution in [2.24, 2.45) is 5.84 Å². The summed E-state index contributed by atoms with van der Waals surface area (Å²) in [5, 5.41) is 0. The fourth-order valence-corrected chi connectivity index (χ4v) is 2.43. The molecule has 1 aliphatic heterocycles. The number of likely N-dealkylation sites (tertiary alicyclic amines) is 1. The van der Waals surface area contributed by atoms with Crippen LogP contribution >= 0.6 is 0 Å². The molecule has 0 bridgehead atoms. The van der Waals surface area contributed by atoms with Gasteiger partial charge in [-0.15, -0.1) is 0 Å². The molecule has 1 saturated heterocycles. The number of nitrogen functional groups attached to an aromatic ring is 1. The SMILES string of the molecule is CN1CCC(N(C)C(=O)c2ccncc2NN)CC1. The van der Waals surface area contributed by atoms with Crippen molar-refractivity contribution in [2.75, 3.05) is 32.6 Å². The third-order valence-corrected chi connectivity index (χ3v) is 3.76. The quantitative estimate of drug-likeness (QED) is 0.615. The van der Waals surface area contributed by atoms with Crippen molar-refractivity contribution in [3.8, 4) is 0 Å². The fourth-order valence-electron chi connectivity index (χ4n) is 2.43. The number of carbonyl (C=O) groups is 1. The van der Waals surface area contributed by atoms with Crippen LogP contribution in [0.15, 0.2) is 18.5 Å². The highest BCUT2D eigenvalue weighted by atomic mass is 16.2. The standard InChI is InChI=1S/C13H21N5O/c1-17-7-4-10(5-8-17)18(2)13(19)11-3-6-15-9-12(11)16-14/h3,6,9-10,16H,4-5,7-8,14H2,1-2H3. The molecule has 3 N–H and O–H groups in total. The van der Waals surface area contributed by atoms with Crippen LogP contribution in [0.5, 0.6) is 0 Å². The summed E-state index contributed by atoms with van der Waals surface area (Å²) in [7, 11) is 3.97. The second-order valence-electron chi connectivity index (χ2n) is 5.02. The van der Waals surface area contributed by atoms with Crippen LogP contribution in [0.4, 0.5) is 5.69 Å². The lowest BCUT2D eigenvalue weighted by Crippen LogP contribution is -2.44. The maximum Gasteiger partial charge on any atom is 0.256 e. The van der Waals surface area contributed by atoms with Gasteiger partial charge >= 0.3 is 0 Å². The van der Waals surface area contributed by atoms with Crippen molar-refractivity contribution in [2.45, 2.75) is 18.9 Å². The minimum Gasteiger partial charge on any atom is -0.339 e. The van der Waals surface area contributed by atoms with Gasteiger partial charge in [0.1, 0.15) is 0 Å². The number of carbonyl (C=O) groups excluding carboxylic acids is 1. The molecule has 1 fully saturated rings. The van der Waals surface area contributed by atoms with Crippen LogP contribution < -0.4 is 11.3 Å². The Balaban J connectivity index is 2.10. The Hall–Kier alpha value is -1.66. The maximum absolute atomic E-state index is 12.5. The van der Waals surface area contributed by atoms with Gasteiger partial charge in [-0.25, -0.2) is 0 Å². The predicted molar refractivity (Wildman–Crippen MR) is 74.7 cm³/mol. The summed E-state index contributed by atoms with van der Waals surface area (Å²) in [6.45, 7) is 2.06. The molecule has 0 radical (unpaired) electrons. The second kappa shape index (κ2) is 5.99. The molecular weight excluding hydrogens is 242 g/mol. The Morgan fingerprint density at radius 3 is 2.84 bits per heavy atom. The second-order valence-corrected chi connectivity index (χ2v) is 5.02. The summed E-state index contributed by atoms with van der Waals surface area (Å²) in [4.78, 5) is 20.6. The van der Waals surface area contributed by atoms with Crippen molar-refractivity contribution < 1.29 is 4.79 Å². The van der Waals surface area contributed by atoms with Gasteiger partial charge in [-0.3, -0.25) is 15.6 Å². The van der Waals surface area contributed by atoms with Crippen molar-refractivity contribution in [1.29, 1.82) is 0 Å². The number of hydrogen-bond donors (Lipinski definition) is 2. The number of nitrogens with zero attached hydrogens (tertiary/aromatic N) is 3. The lowest BCUT2D eigenvalue weighted by atomic mass is 10.0. The molecule has 0 unspecified atom stereocenters. The number of piperidine rings is 1. The molecule has 2 rings (SSSR count). The minimum absolute atomic E-state index is 0.00935. The van der Waals surface area contributed by atoms with E-state index in [-0.39, 0.29) is 5.91 Å². The number of anilines is 1. The summed E-state index contributed by atoms with van der Waals surface area (Å²) in [5.41, 5.74) is 3.65. The number of hydrazine groups is 1. The number of hydrogen-bond acceptors (Lipinski definition) is 5. The zero-order valence-corrected chi connectivity index (χ0v) is 11.5. The van der Waals surface area contributed by atoms with Crippen LogP contribution in [0.2, 0.25) is 0 Å². The van der Waals surface area contributed by atoms with Gasteiger partial charge in [0.15, 0.2) is 0 Å². The van der Waals surface area contributed by atoms with E-state index < -0.39 is 0 Å². The number of pyridine rings is 1. The molecule has 104 valence electrons. The largest absolute Gasteiger partial charge is 0.339 e. The van der Waals surface area contributed by atoms with Crippen molar-refractivity contribution in [3.63, 3.8) is 0 Å². The molecule has 1 aromatic rings. The first-order valence-electron chi connectivity index (χ1n) is 6.50. The number of nitrogens with one attached hydrogen (secondary N) is 1. The molecule has 1 aromatic heterocycles. The van der Waals surface area contributed by atoms with E-state index in [1.165, 1.54) is 0 Å². The zero-order chi connectivity index (χ0) is 13.8. The van der Waals surface area contributed by atoms with Crippen LogP contribution in [0.1, 0.15) is 23.2 Å². The highest BCUT2D eigenvalue weighted by molar-refractivity contribution is 5.99. The number of rotatable bonds is 3. The fraction of sp³-hybridized carbons (Fsp3) is 0.538. The summed E-state index contributed by atoms with van der Waals surface area (Å²) in [6.07, 6.45) is 5.19. The average Bonchev–Trinajstić information content (AvgIpc) is 2.46. The van der Waals surface area contributed by atoms with E-state index >= 15 is 0 Å². The third-order valence-electron chi connectivity index (χ3n) is 3.76. The smallest absolute Gasteiger partial charge is 0.256 e. The molecule has 2 heterocycles. The lowest BCUT2D eigenvalue weighted by molar-refractivity contribution is 0.0660. The van der Waals surface area contributed by atoms with Crippen LogP contribution in [0.3, 0.4) is 0 Å². The summed E-state index contributed by atoms with van der Waals surface area (Å²) < 4.78 is 0. The van der Waals surface area contributed by atoms with E-state index in [0.29, 0.717) is 17.3 Å². The molecule has 0 spiro atoms. The molecule has 1 amide bonds. The average molecular weight is 263 g/mol. The Morgan fingerprint density at radius 1 is 1.53 bits per heavy atom. The van der Waals surface area contributed by atoms with Gasteiger partial charge in [0.2, 0.25) is 0 Å². The van der Waals surface area contributed by atoms with Gasteiger partial charge in [0.05, 0.1) is 17.4 Å². The topological polar surface area (TPSA) is 74.5 Å². The monoisotopic (exact) mass is 263 g/mol. The third kappa shape index (κ3) is 3.02. The van der Waals surface area contributed by atoms with Crippen LogP contribution in [-0.4, -0.2) is 53.9 Å². The molecular formula is C13H21N5O. The normalized spacial score (nSPS) is 17.2. The molecule has 0 aliphatic carbocycles. The van der Waals surface area contributed by atoms with Gasteiger partial charge in [-0.05, 0) is 39.0 Å². The Kier molecular flexibility index (Phi) is 4.34. The van der Waals surface area contributed by atoms with Gasteiger partial charge < -0.3 is 15.2 Å². The van der Waals surface area contributed by atoms with Gasteiger partial charge in [0.25, 0.3) is 5.91 Å². The van der Waals surface area contributed by atoms with E-state index in [4.69, 9.17) is 5.84 Å². The molecule has 6 nitrogen and oxygen atoms in total. The van der Waals surface area contributed by atoms with E-state index in [9.17, 15) is 4.79 Å². The van der Waals surface area contributed by atoms with Gasteiger partial charge in [-0.1, -0.05) is 0 Å². The summed E-state index contributed by atoms with van der Waals surface area (Å²) >= 11 is 0. The lowest BCUT2D eigenvalue weighted by Gasteiger charge is -2.35. The molecule has 0 saturated carbocycles.